The summed E-state index contributed by atoms with van der Waals surface area (Å²) in [6.45, 7) is 0.189. The van der Waals surface area contributed by atoms with Crippen LogP contribution in [0.4, 0.5) is 5.69 Å². The fraction of sp³-hybridized carbons (Fsp3) is 0.111. The molecule has 0 saturated carbocycles. The highest BCUT2D eigenvalue weighted by molar-refractivity contribution is 7.89. The Hall–Kier alpha value is -2.57. The summed E-state index contributed by atoms with van der Waals surface area (Å²) in [4.78, 5) is 0.166. The van der Waals surface area contributed by atoms with Gasteiger partial charge in [0.15, 0.2) is 0 Å². The highest BCUT2D eigenvalue weighted by Gasteiger charge is 2.14. The van der Waals surface area contributed by atoms with E-state index >= 15 is 0 Å². The number of anilines is 1. The Morgan fingerprint density at radius 3 is 2.42 bits per heavy atom. The number of sulfonamides is 1. The highest BCUT2D eigenvalue weighted by Crippen LogP contribution is 2.27. The van der Waals surface area contributed by atoms with Crippen LogP contribution >= 0.6 is 0 Å². The van der Waals surface area contributed by atoms with Crippen LogP contribution in [-0.4, -0.2) is 20.1 Å². The number of hydrogen-bond donors (Lipinski definition) is 3. The van der Waals surface area contributed by atoms with Crippen molar-refractivity contribution in [3.63, 3.8) is 0 Å². The average Bonchev–Trinajstić information content (AvgIpc) is 2.57. The zero-order valence-electron chi connectivity index (χ0n) is 12.9. The molecule has 3 aromatic rings. The van der Waals surface area contributed by atoms with E-state index in [1.807, 2.05) is 30.3 Å². The Labute approximate surface area is 140 Å². The van der Waals surface area contributed by atoms with Gasteiger partial charge < -0.3 is 10.8 Å². The molecule has 0 spiro atoms. The lowest BCUT2D eigenvalue weighted by atomic mass is 10.0. The molecule has 4 N–H and O–H groups in total. The third-order valence-corrected chi connectivity index (χ3v) is 5.35. The van der Waals surface area contributed by atoms with Gasteiger partial charge in [-0.3, -0.25) is 0 Å². The van der Waals surface area contributed by atoms with E-state index in [-0.39, 0.29) is 17.2 Å². The van der Waals surface area contributed by atoms with Crippen molar-refractivity contribution in [2.75, 3.05) is 12.3 Å². The van der Waals surface area contributed by atoms with Gasteiger partial charge in [0.1, 0.15) is 5.75 Å². The molecule has 0 aliphatic heterocycles. The first-order chi connectivity index (χ1) is 11.5. The Morgan fingerprint density at radius 2 is 1.67 bits per heavy atom. The molecule has 0 amide bonds. The van der Waals surface area contributed by atoms with E-state index in [1.165, 1.54) is 12.1 Å². The minimum Gasteiger partial charge on any atom is -0.508 e. The molecule has 3 aromatic carbocycles. The minimum atomic E-state index is -3.60. The molecule has 0 aliphatic carbocycles. The maximum absolute atomic E-state index is 12.3. The topological polar surface area (TPSA) is 92.4 Å². The highest BCUT2D eigenvalue weighted by atomic mass is 32.2. The Kier molecular flexibility index (Phi) is 4.42. The van der Waals surface area contributed by atoms with Gasteiger partial charge in [0.2, 0.25) is 10.0 Å². The molecule has 124 valence electrons. The van der Waals surface area contributed by atoms with Gasteiger partial charge in [-0.25, -0.2) is 13.1 Å². The van der Waals surface area contributed by atoms with Crippen LogP contribution in [0.25, 0.3) is 10.8 Å². The van der Waals surface area contributed by atoms with E-state index in [0.29, 0.717) is 12.1 Å². The quantitative estimate of drug-likeness (QED) is 0.622. The van der Waals surface area contributed by atoms with E-state index in [4.69, 9.17) is 5.73 Å². The lowest BCUT2D eigenvalue weighted by molar-refractivity contribution is 0.469. The van der Waals surface area contributed by atoms with Gasteiger partial charge in [0, 0.05) is 17.8 Å². The Bertz CT molecular complexity index is 967. The second-order valence-electron chi connectivity index (χ2n) is 5.50. The van der Waals surface area contributed by atoms with Crippen molar-refractivity contribution in [2.45, 2.75) is 11.3 Å². The summed E-state index contributed by atoms with van der Waals surface area (Å²) in [5.41, 5.74) is 6.81. The predicted molar refractivity (Wildman–Crippen MR) is 95.4 cm³/mol. The van der Waals surface area contributed by atoms with Gasteiger partial charge in [-0.1, -0.05) is 30.3 Å². The van der Waals surface area contributed by atoms with Crippen LogP contribution in [-0.2, 0) is 16.4 Å². The molecule has 0 heterocycles. The van der Waals surface area contributed by atoms with E-state index in [1.54, 1.807) is 18.2 Å². The average molecular weight is 342 g/mol. The third kappa shape index (κ3) is 3.34. The molecule has 0 unspecified atom stereocenters. The molecule has 0 aromatic heterocycles. The second kappa shape index (κ2) is 6.51. The van der Waals surface area contributed by atoms with E-state index in [9.17, 15) is 13.5 Å². The lowest BCUT2D eigenvalue weighted by Crippen LogP contribution is -2.26. The fourth-order valence-corrected chi connectivity index (χ4v) is 3.66. The number of nitrogens with one attached hydrogen (secondary N) is 1. The molecule has 0 atom stereocenters. The summed E-state index contributed by atoms with van der Waals surface area (Å²) in [5.74, 6) is 0.167. The first-order valence-electron chi connectivity index (χ1n) is 7.52. The largest absolute Gasteiger partial charge is 0.508 e. The summed E-state index contributed by atoms with van der Waals surface area (Å²) in [5, 5.41) is 12.0. The third-order valence-electron chi connectivity index (χ3n) is 3.87. The number of nitrogen functional groups attached to an aromatic ring is 1. The Balaban J connectivity index is 1.77. The van der Waals surface area contributed by atoms with Crippen LogP contribution in [0.3, 0.4) is 0 Å². The molecule has 0 aliphatic rings. The second-order valence-corrected chi connectivity index (χ2v) is 7.27. The van der Waals surface area contributed by atoms with Crippen LogP contribution < -0.4 is 10.5 Å². The zero-order chi connectivity index (χ0) is 17.2. The number of benzene rings is 3. The first-order valence-corrected chi connectivity index (χ1v) is 9.00. The molecule has 24 heavy (non-hydrogen) atoms. The van der Waals surface area contributed by atoms with Crippen molar-refractivity contribution < 1.29 is 13.5 Å². The number of fused-ring (bicyclic) bond motifs is 1. The number of phenols is 1. The molecule has 5 nitrogen and oxygen atoms in total. The van der Waals surface area contributed by atoms with Crippen LogP contribution in [0, 0.1) is 0 Å². The molecular weight excluding hydrogens is 324 g/mol. The molecule has 0 radical (unpaired) electrons. The SMILES string of the molecule is Nc1ccc(S(=O)(=O)NCCc2c(O)ccc3ccccc23)cc1. The van der Waals surface area contributed by atoms with E-state index in [2.05, 4.69) is 4.72 Å². The summed E-state index contributed by atoms with van der Waals surface area (Å²) in [6.07, 6.45) is 0.390. The monoisotopic (exact) mass is 342 g/mol. The fourth-order valence-electron chi connectivity index (χ4n) is 2.63. The van der Waals surface area contributed by atoms with E-state index < -0.39 is 10.0 Å². The minimum absolute atomic E-state index is 0.166. The van der Waals surface area contributed by atoms with Crippen LogP contribution in [0.1, 0.15) is 5.56 Å². The van der Waals surface area contributed by atoms with Crippen LogP contribution in [0.5, 0.6) is 5.75 Å². The Morgan fingerprint density at radius 1 is 0.958 bits per heavy atom. The van der Waals surface area contributed by atoms with Crippen molar-refractivity contribution >= 4 is 26.5 Å². The van der Waals surface area contributed by atoms with Gasteiger partial charge in [0.25, 0.3) is 0 Å². The first kappa shape index (κ1) is 16.3. The normalized spacial score (nSPS) is 11.7. The molecule has 6 heteroatoms. The number of aromatic hydroxyl groups is 1. The summed E-state index contributed by atoms with van der Waals surface area (Å²) < 4.78 is 27.1. The molecule has 0 bridgehead atoms. The summed E-state index contributed by atoms with van der Waals surface area (Å²) in [6, 6.07) is 17.2. The van der Waals surface area contributed by atoms with Crippen molar-refractivity contribution in [2.24, 2.45) is 0 Å². The number of rotatable bonds is 5. The molecule has 3 rings (SSSR count). The maximum atomic E-state index is 12.3. The van der Waals surface area contributed by atoms with Gasteiger partial charge in [0.05, 0.1) is 4.90 Å². The van der Waals surface area contributed by atoms with Crippen molar-refractivity contribution in [1.82, 2.24) is 4.72 Å². The van der Waals surface area contributed by atoms with Gasteiger partial charge >= 0.3 is 0 Å². The predicted octanol–water partition coefficient (Wildman–Crippen LogP) is 2.65. The number of nitrogens with two attached hydrogens (primary N) is 1. The number of phenolic OH excluding ortho intramolecular Hbond substituents is 1. The van der Waals surface area contributed by atoms with Crippen molar-refractivity contribution in [1.29, 1.82) is 0 Å². The maximum Gasteiger partial charge on any atom is 0.240 e. The molecule has 0 saturated heterocycles. The molecular formula is C18H18N2O3S. The standard InChI is InChI=1S/C18H18N2O3S/c19-14-6-8-15(9-7-14)24(22,23)20-12-11-17-16-4-2-1-3-13(16)5-10-18(17)21/h1-10,20-21H,11-12,19H2. The lowest BCUT2D eigenvalue weighted by Gasteiger charge is -2.11. The molecule has 0 fully saturated rings. The van der Waals surface area contributed by atoms with E-state index in [0.717, 1.165) is 16.3 Å². The van der Waals surface area contributed by atoms with Crippen molar-refractivity contribution in [3.05, 3.63) is 66.2 Å². The van der Waals surface area contributed by atoms with Crippen molar-refractivity contribution in [3.8, 4) is 5.75 Å². The number of hydrogen-bond acceptors (Lipinski definition) is 4. The van der Waals surface area contributed by atoms with Gasteiger partial charge in [-0.05, 0) is 47.5 Å². The smallest absolute Gasteiger partial charge is 0.240 e. The summed E-state index contributed by atoms with van der Waals surface area (Å²) >= 11 is 0. The van der Waals surface area contributed by atoms with Crippen LogP contribution in [0.15, 0.2) is 65.6 Å². The zero-order valence-corrected chi connectivity index (χ0v) is 13.8. The van der Waals surface area contributed by atoms with Crippen LogP contribution in [0.2, 0.25) is 0 Å². The summed E-state index contributed by atoms with van der Waals surface area (Å²) in [7, 11) is -3.60. The van der Waals surface area contributed by atoms with Gasteiger partial charge in [-0.15, -0.1) is 0 Å². The van der Waals surface area contributed by atoms with Gasteiger partial charge in [-0.2, -0.15) is 0 Å².